The molecule has 49 heavy (non-hydrogen) atoms. The molecule has 1 aliphatic rings. The van der Waals surface area contributed by atoms with Gasteiger partial charge in [0.1, 0.15) is 36.8 Å². The smallest absolute Gasteiger partial charge is 0.316 e. The minimum Gasteiger partial charge on any atom is -0.461 e. The van der Waals surface area contributed by atoms with E-state index < -0.39 is 42.7 Å². The maximum absolute atomic E-state index is 12.5. The van der Waals surface area contributed by atoms with E-state index in [4.69, 9.17) is 18.9 Å². The average Bonchev–Trinajstić information content (AvgIpc) is 3.44. The molecule has 1 aliphatic heterocycles. The van der Waals surface area contributed by atoms with E-state index in [0.29, 0.717) is 42.6 Å². The monoisotopic (exact) mass is 677 g/mol. The van der Waals surface area contributed by atoms with E-state index in [1.807, 2.05) is 48.5 Å². The van der Waals surface area contributed by atoms with E-state index in [1.165, 1.54) is 0 Å². The third kappa shape index (κ3) is 8.99. The molecule has 5 rings (SSSR count). The number of rotatable bonds is 13. The van der Waals surface area contributed by atoms with Crippen molar-refractivity contribution in [2.24, 2.45) is 5.41 Å². The van der Waals surface area contributed by atoms with Gasteiger partial charge in [0, 0.05) is 19.2 Å². The van der Waals surface area contributed by atoms with E-state index in [2.05, 4.69) is 10.1 Å². The van der Waals surface area contributed by atoms with E-state index in [-0.39, 0.29) is 30.8 Å². The summed E-state index contributed by atoms with van der Waals surface area (Å²) in [5, 5.41) is 46.1. The topological polar surface area (TPSA) is 183 Å². The molecule has 4 aromatic rings. The van der Waals surface area contributed by atoms with Crippen molar-refractivity contribution in [2.45, 2.75) is 90.3 Å². The maximum Gasteiger partial charge on any atom is 0.316 e. The highest BCUT2D eigenvalue weighted by molar-refractivity contribution is 5.85. The second kappa shape index (κ2) is 15.9. The summed E-state index contributed by atoms with van der Waals surface area (Å²) in [6.45, 7) is 5.23. The molecule has 0 unspecified atom stereocenters. The molecule has 0 bridgehead atoms. The molecule has 0 spiro atoms. The van der Waals surface area contributed by atoms with Crippen molar-refractivity contribution in [1.82, 2.24) is 14.8 Å². The zero-order valence-electron chi connectivity index (χ0n) is 27.8. The quantitative estimate of drug-likeness (QED) is 0.120. The standard InChI is InChI=1S/C36H43N3O10/c1-36(2,3)35(45)47-25-15-12-22(13-16-25)11-14-24-17-18-37-32-28(24)33(49-34-31(44)30(43)29(42)26(20-40)48-34)38-39(32)19-7-10-27(41)46-21-23-8-5-4-6-9-23/h4-6,8-9,12-13,15-18,26,29-31,34,40,42-44H,7,10-11,14,19-21H2,1-3H3/t26-,29-,30+,31-,34+/m1/s1. The summed E-state index contributed by atoms with van der Waals surface area (Å²) in [5.74, 6) is -0.160. The maximum atomic E-state index is 12.5. The first-order valence-electron chi connectivity index (χ1n) is 16.3. The van der Waals surface area contributed by atoms with Crippen molar-refractivity contribution < 1.29 is 49.0 Å². The van der Waals surface area contributed by atoms with Gasteiger partial charge < -0.3 is 39.4 Å². The van der Waals surface area contributed by atoms with Gasteiger partial charge in [-0.25, -0.2) is 9.67 Å². The predicted molar refractivity (Wildman–Crippen MR) is 176 cm³/mol. The lowest BCUT2D eigenvalue weighted by atomic mass is 9.97. The molecule has 4 N–H and O–H groups in total. The number of aliphatic hydroxyl groups is 4. The molecule has 262 valence electrons. The van der Waals surface area contributed by atoms with Crippen LogP contribution in [0.25, 0.3) is 11.0 Å². The first-order chi connectivity index (χ1) is 23.4. The van der Waals surface area contributed by atoms with Crippen LogP contribution in [0.1, 0.15) is 50.3 Å². The predicted octanol–water partition coefficient (Wildman–Crippen LogP) is 2.87. The van der Waals surface area contributed by atoms with Crippen LogP contribution in [0.15, 0.2) is 66.9 Å². The number of esters is 2. The van der Waals surface area contributed by atoms with Crippen LogP contribution in [0.4, 0.5) is 0 Å². The van der Waals surface area contributed by atoms with Gasteiger partial charge >= 0.3 is 11.9 Å². The molecule has 3 heterocycles. The Bertz CT molecular complexity index is 1700. The highest BCUT2D eigenvalue weighted by Crippen LogP contribution is 2.32. The Morgan fingerprint density at radius 2 is 1.65 bits per heavy atom. The zero-order chi connectivity index (χ0) is 35.1. The lowest BCUT2D eigenvalue weighted by Gasteiger charge is -2.39. The fourth-order valence-electron chi connectivity index (χ4n) is 5.29. The van der Waals surface area contributed by atoms with Gasteiger partial charge in [-0.05, 0) is 74.9 Å². The van der Waals surface area contributed by atoms with Crippen molar-refractivity contribution >= 4 is 23.0 Å². The van der Waals surface area contributed by atoms with Gasteiger partial charge in [0.05, 0.1) is 17.4 Å². The number of carbonyl (C=O) groups excluding carboxylic acids is 2. The number of nitrogens with zero attached hydrogens (tertiary/aromatic N) is 3. The number of aromatic nitrogens is 3. The number of hydrogen-bond acceptors (Lipinski definition) is 12. The SMILES string of the molecule is CC(C)(C)C(=O)Oc1ccc(CCc2ccnc3c2c(O[C@@H]2O[C@H](CO)[C@@H](O)[C@H](O)[C@H]2O)nn3CCCC(=O)OCc2ccccc2)cc1. The number of aryl methyl sites for hydroxylation is 3. The van der Waals surface area contributed by atoms with Gasteiger partial charge in [0.15, 0.2) is 5.65 Å². The van der Waals surface area contributed by atoms with E-state index in [9.17, 15) is 30.0 Å². The van der Waals surface area contributed by atoms with Gasteiger partial charge in [-0.3, -0.25) is 9.59 Å². The van der Waals surface area contributed by atoms with E-state index >= 15 is 0 Å². The molecular weight excluding hydrogens is 634 g/mol. The normalized spacial score (nSPS) is 21.0. The van der Waals surface area contributed by atoms with Crippen molar-refractivity contribution in [1.29, 1.82) is 0 Å². The molecule has 0 amide bonds. The molecule has 2 aromatic carbocycles. The van der Waals surface area contributed by atoms with Crippen LogP contribution in [0, 0.1) is 5.41 Å². The number of benzene rings is 2. The minimum atomic E-state index is -1.64. The molecule has 0 saturated carbocycles. The molecule has 1 saturated heterocycles. The van der Waals surface area contributed by atoms with Gasteiger partial charge in [-0.15, -0.1) is 5.10 Å². The summed E-state index contributed by atoms with van der Waals surface area (Å²) in [6.07, 6.45) is -4.12. The summed E-state index contributed by atoms with van der Waals surface area (Å²) < 4.78 is 24.1. The highest BCUT2D eigenvalue weighted by Gasteiger charge is 2.45. The number of carbonyl (C=O) groups is 2. The lowest BCUT2D eigenvalue weighted by Crippen LogP contribution is -2.60. The van der Waals surface area contributed by atoms with Gasteiger partial charge in [0.25, 0.3) is 0 Å². The van der Waals surface area contributed by atoms with Crippen molar-refractivity contribution in [3.05, 3.63) is 83.6 Å². The van der Waals surface area contributed by atoms with E-state index in [1.54, 1.807) is 43.8 Å². The fourth-order valence-corrected chi connectivity index (χ4v) is 5.29. The van der Waals surface area contributed by atoms with Crippen LogP contribution in [0.3, 0.4) is 0 Å². The third-order valence-electron chi connectivity index (χ3n) is 8.19. The summed E-state index contributed by atoms with van der Waals surface area (Å²) in [6, 6.07) is 18.5. The van der Waals surface area contributed by atoms with Gasteiger partial charge in [-0.1, -0.05) is 42.5 Å². The molecule has 1 fully saturated rings. The molecule has 0 radical (unpaired) electrons. The second-order valence-corrected chi connectivity index (χ2v) is 13.0. The molecule has 0 aliphatic carbocycles. The highest BCUT2D eigenvalue weighted by atomic mass is 16.7. The third-order valence-corrected chi connectivity index (χ3v) is 8.19. The number of ether oxygens (including phenoxy) is 4. The Balaban J connectivity index is 1.34. The molecular formula is C36H43N3O10. The summed E-state index contributed by atoms with van der Waals surface area (Å²) in [4.78, 5) is 29.3. The Morgan fingerprint density at radius 3 is 2.35 bits per heavy atom. The fraction of sp³-hybridized carbons (Fsp3) is 0.444. The number of aliphatic hydroxyl groups excluding tert-OH is 4. The van der Waals surface area contributed by atoms with Gasteiger partial charge in [-0.2, -0.15) is 0 Å². The Hall–Kier alpha value is -4.40. The average molecular weight is 678 g/mol. The molecule has 13 nitrogen and oxygen atoms in total. The van der Waals surface area contributed by atoms with Crippen molar-refractivity contribution in [3.8, 4) is 11.6 Å². The van der Waals surface area contributed by atoms with Crippen LogP contribution in [-0.2, 0) is 45.1 Å². The van der Waals surface area contributed by atoms with Crippen LogP contribution in [0.2, 0.25) is 0 Å². The zero-order valence-corrected chi connectivity index (χ0v) is 27.8. The molecule has 5 atom stereocenters. The summed E-state index contributed by atoms with van der Waals surface area (Å²) >= 11 is 0. The summed E-state index contributed by atoms with van der Waals surface area (Å²) in [5.41, 5.74) is 2.54. The molecule has 13 heteroatoms. The number of pyridine rings is 1. The lowest BCUT2D eigenvalue weighted by molar-refractivity contribution is -0.278. The molecule has 2 aromatic heterocycles. The van der Waals surface area contributed by atoms with Crippen LogP contribution < -0.4 is 9.47 Å². The van der Waals surface area contributed by atoms with Crippen LogP contribution >= 0.6 is 0 Å². The minimum absolute atomic E-state index is 0.0681. The second-order valence-electron chi connectivity index (χ2n) is 13.0. The van der Waals surface area contributed by atoms with Crippen molar-refractivity contribution in [3.63, 3.8) is 0 Å². The Labute approximate surface area is 284 Å². The summed E-state index contributed by atoms with van der Waals surface area (Å²) in [7, 11) is 0. The van der Waals surface area contributed by atoms with Crippen molar-refractivity contribution in [2.75, 3.05) is 6.61 Å². The largest absolute Gasteiger partial charge is 0.461 e. The van der Waals surface area contributed by atoms with Crippen LogP contribution in [0.5, 0.6) is 11.6 Å². The van der Waals surface area contributed by atoms with Gasteiger partial charge in [0.2, 0.25) is 12.2 Å². The number of hydrogen-bond donors (Lipinski definition) is 4. The van der Waals surface area contributed by atoms with Crippen LogP contribution in [-0.4, -0.2) is 84.4 Å². The first-order valence-corrected chi connectivity index (χ1v) is 16.3. The Kier molecular flexibility index (Phi) is 11.6. The Morgan fingerprint density at radius 1 is 0.918 bits per heavy atom. The number of fused-ring (bicyclic) bond motifs is 1. The first kappa shape index (κ1) is 35.9. The van der Waals surface area contributed by atoms with E-state index in [0.717, 1.165) is 16.7 Å².